The van der Waals surface area contributed by atoms with Crippen molar-refractivity contribution in [3.05, 3.63) is 36.0 Å². The van der Waals surface area contributed by atoms with Gasteiger partial charge < -0.3 is 4.48 Å². The van der Waals surface area contributed by atoms with Crippen molar-refractivity contribution in [1.82, 2.24) is 0 Å². The second kappa shape index (κ2) is 11.4. The first-order valence-corrected chi connectivity index (χ1v) is 12.7. The second-order valence-electron chi connectivity index (χ2n) is 9.84. The molecule has 158 valence electrons. The molecule has 3 unspecified atom stereocenters. The number of hydrogen-bond donors (Lipinski definition) is 0. The monoisotopic (exact) mass is 384 g/mol. The molecule has 1 fully saturated rings. The van der Waals surface area contributed by atoms with Crippen LogP contribution in [-0.4, -0.2) is 30.2 Å². The fourth-order valence-electron chi connectivity index (χ4n) is 6.34. The number of rotatable bonds is 10. The first-order chi connectivity index (χ1) is 13.8. The first-order valence-electron chi connectivity index (χ1n) is 12.7. The Morgan fingerprint density at radius 3 is 2.32 bits per heavy atom. The van der Waals surface area contributed by atoms with Gasteiger partial charge in [-0.25, -0.2) is 0 Å². The van der Waals surface area contributed by atoms with E-state index >= 15 is 0 Å². The third-order valence-corrected chi connectivity index (χ3v) is 7.82. The molecule has 0 aromatic rings. The highest BCUT2D eigenvalue weighted by Gasteiger charge is 2.44. The lowest BCUT2D eigenvalue weighted by Crippen LogP contribution is -2.62. The molecule has 0 heterocycles. The van der Waals surface area contributed by atoms with Crippen LogP contribution < -0.4 is 0 Å². The molecule has 0 saturated heterocycles. The van der Waals surface area contributed by atoms with Gasteiger partial charge in [0, 0.05) is 18.3 Å². The molecule has 0 amide bonds. The summed E-state index contributed by atoms with van der Waals surface area (Å²) in [5.41, 5.74) is 1.79. The lowest BCUT2D eigenvalue weighted by atomic mass is 9.74. The van der Waals surface area contributed by atoms with Crippen molar-refractivity contribution in [1.29, 1.82) is 0 Å². The summed E-state index contributed by atoms with van der Waals surface area (Å²) in [7, 11) is 0. The third-order valence-electron chi connectivity index (χ3n) is 7.82. The summed E-state index contributed by atoms with van der Waals surface area (Å²) in [6.07, 6.45) is 30.4. The van der Waals surface area contributed by atoms with Gasteiger partial charge in [0.2, 0.25) is 0 Å². The zero-order chi connectivity index (χ0) is 19.7. The molecule has 28 heavy (non-hydrogen) atoms. The van der Waals surface area contributed by atoms with E-state index in [0.29, 0.717) is 0 Å². The molecular weight excluding hydrogens is 338 g/mol. The van der Waals surface area contributed by atoms with E-state index in [4.69, 9.17) is 0 Å². The third kappa shape index (κ3) is 5.62. The molecule has 0 radical (unpaired) electrons. The molecule has 1 heteroatoms. The van der Waals surface area contributed by atoms with E-state index in [2.05, 4.69) is 44.2 Å². The van der Waals surface area contributed by atoms with E-state index in [-0.39, 0.29) is 0 Å². The molecular formula is C27H46N+. The predicted molar refractivity (Wildman–Crippen MR) is 123 cm³/mol. The summed E-state index contributed by atoms with van der Waals surface area (Å²) in [5, 5.41) is 0. The van der Waals surface area contributed by atoms with Gasteiger partial charge in [-0.15, -0.1) is 0 Å². The zero-order valence-electron chi connectivity index (χ0n) is 18.9. The smallest absolute Gasteiger partial charge is 0.0956 e. The average Bonchev–Trinajstić information content (AvgIpc) is 2.77. The summed E-state index contributed by atoms with van der Waals surface area (Å²) < 4.78 is 1.43. The van der Waals surface area contributed by atoms with E-state index < -0.39 is 0 Å². The fourth-order valence-corrected chi connectivity index (χ4v) is 6.34. The van der Waals surface area contributed by atoms with Gasteiger partial charge in [0.15, 0.2) is 0 Å². The Bertz CT molecular complexity index is 532. The second-order valence-corrected chi connectivity index (χ2v) is 9.84. The van der Waals surface area contributed by atoms with Gasteiger partial charge in [-0.05, 0) is 57.8 Å². The Morgan fingerprint density at radius 2 is 1.68 bits per heavy atom. The van der Waals surface area contributed by atoms with Gasteiger partial charge in [-0.1, -0.05) is 69.1 Å². The number of unbranched alkanes of at least 4 members (excludes halogenated alkanes) is 2. The standard InChI is InChI=1S/C27H46N/c1-3-5-21-28(22-6-4-2,23-24-15-9-7-10-16-24)27-20-14-13-19-26(27)25-17-11-8-12-18-25/h8-9,11,15,17,24,26-27H,3-7,10,12-14,16,18-23H2,1-2H3/q+1. The van der Waals surface area contributed by atoms with E-state index in [1.54, 1.807) is 5.57 Å². The Kier molecular flexibility index (Phi) is 8.90. The molecule has 3 atom stereocenters. The summed E-state index contributed by atoms with van der Waals surface area (Å²) in [6.45, 7) is 9.04. The summed E-state index contributed by atoms with van der Waals surface area (Å²) >= 11 is 0. The number of nitrogens with zero attached hydrogens (tertiary/aromatic N) is 1. The molecule has 0 aliphatic heterocycles. The van der Waals surface area contributed by atoms with Gasteiger partial charge in [0.25, 0.3) is 0 Å². The molecule has 0 aromatic carbocycles. The minimum Gasteiger partial charge on any atom is -0.320 e. The maximum Gasteiger partial charge on any atom is 0.0956 e. The van der Waals surface area contributed by atoms with Crippen molar-refractivity contribution in [2.75, 3.05) is 19.6 Å². The van der Waals surface area contributed by atoms with Crippen molar-refractivity contribution in [2.45, 2.75) is 103 Å². The van der Waals surface area contributed by atoms with Crippen molar-refractivity contribution < 1.29 is 4.48 Å². The van der Waals surface area contributed by atoms with Crippen LogP contribution in [0.5, 0.6) is 0 Å². The Balaban J connectivity index is 1.90. The van der Waals surface area contributed by atoms with E-state index in [1.165, 1.54) is 108 Å². The first kappa shape index (κ1) is 21.9. The molecule has 1 saturated carbocycles. The molecule has 3 aliphatic rings. The van der Waals surface area contributed by atoms with Crippen molar-refractivity contribution in [2.24, 2.45) is 11.8 Å². The minimum absolute atomic E-state index is 0.824. The lowest BCUT2D eigenvalue weighted by molar-refractivity contribution is -0.958. The fraction of sp³-hybridized carbons (Fsp3) is 0.778. The maximum atomic E-state index is 2.59. The van der Waals surface area contributed by atoms with Gasteiger partial charge in [0.05, 0.1) is 25.7 Å². The van der Waals surface area contributed by atoms with Crippen molar-refractivity contribution in [3.8, 4) is 0 Å². The molecule has 0 N–H and O–H groups in total. The van der Waals surface area contributed by atoms with Crippen LogP contribution in [0.4, 0.5) is 0 Å². The van der Waals surface area contributed by atoms with Gasteiger partial charge in [0.1, 0.15) is 0 Å². The van der Waals surface area contributed by atoms with E-state index in [1.807, 2.05) is 0 Å². The van der Waals surface area contributed by atoms with Crippen LogP contribution in [0.15, 0.2) is 36.0 Å². The highest BCUT2D eigenvalue weighted by Crippen LogP contribution is 2.41. The van der Waals surface area contributed by atoms with Crippen LogP contribution in [0.1, 0.15) is 97.3 Å². The molecule has 3 rings (SSSR count). The highest BCUT2D eigenvalue weighted by molar-refractivity contribution is 5.21. The zero-order valence-corrected chi connectivity index (χ0v) is 18.9. The minimum atomic E-state index is 0.824. The molecule has 0 spiro atoms. The van der Waals surface area contributed by atoms with Crippen molar-refractivity contribution >= 4 is 0 Å². The molecule has 3 aliphatic carbocycles. The van der Waals surface area contributed by atoms with E-state index in [0.717, 1.165) is 17.9 Å². The number of quaternary nitrogens is 1. The van der Waals surface area contributed by atoms with Crippen LogP contribution in [0.3, 0.4) is 0 Å². The average molecular weight is 385 g/mol. The molecule has 0 aromatic heterocycles. The maximum absolute atomic E-state index is 2.59. The predicted octanol–water partition coefficient (Wildman–Crippen LogP) is 7.59. The number of allylic oxidation sites excluding steroid dienone is 4. The SMILES string of the molecule is CCCC[N+](CCCC)(CC1C=CCCC1)C1CCCCC1C1=CC=CCC1. The topological polar surface area (TPSA) is 0 Å². The van der Waals surface area contributed by atoms with Gasteiger partial charge >= 0.3 is 0 Å². The summed E-state index contributed by atoms with van der Waals surface area (Å²) in [4.78, 5) is 0. The lowest BCUT2D eigenvalue weighted by Gasteiger charge is -2.52. The van der Waals surface area contributed by atoms with Crippen molar-refractivity contribution in [3.63, 3.8) is 0 Å². The number of hydrogen-bond acceptors (Lipinski definition) is 0. The highest BCUT2D eigenvalue weighted by atomic mass is 15.4. The Morgan fingerprint density at radius 1 is 0.893 bits per heavy atom. The van der Waals surface area contributed by atoms with E-state index in [9.17, 15) is 0 Å². The normalized spacial score (nSPS) is 28.4. The molecule has 0 bridgehead atoms. The van der Waals surface area contributed by atoms with Gasteiger partial charge in [-0.2, -0.15) is 0 Å². The summed E-state index contributed by atoms with van der Waals surface area (Å²) in [5.74, 6) is 1.67. The quantitative estimate of drug-likeness (QED) is 0.269. The van der Waals surface area contributed by atoms with Crippen LogP contribution in [0, 0.1) is 11.8 Å². The summed E-state index contributed by atoms with van der Waals surface area (Å²) in [6, 6.07) is 0.875. The molecule has 1 nitrogen and oxygen atoms in total. The Hall–Kier alpha value is -0.820. The van der Waals surface area contributed by atoms with Crippen LogP contribution in [-0.2, 0) is 0 Å². The van der Waals surface area contributed by atoms with Crippen LogP contribution >= 0.6 is 0 Å². The largest absolute Gasteiger partial charge is 0.320 e. The van der Waals surface area contributed by atoms with Crippen LogP contribution in [0.25, 0.3) is 0 Å². The van der Waals surface area contributed by atoms with Crippen LogP contribution in [0.2, 0.25) is 0 Å². The Labute approximate surface area is 175 Å². The van der Waals surface area contributed by atoms with Gasteiger partial charge in [-0.3, -0.25) is 0 Å².